The van der Waals surface area contributed by atoms with Crippen LogP contribution in [-0.2, 0) is 0 Å². The first-order chi connectivity index (χ1) is 13.3. The third-order valence-electron chi connectivity index (χ3n) is 4.68. The Morgan fingerprint density at radius 2 is 1.63 bits per heavy atom. The van der Waals surface area contributed by atoms with Crippen molar-refractivity contribution in [2.75, 3.05) is 0 Å². The first kappa shape index (κ1) is 16.6. The van der Waals surface area contributed by atoms with Crippen LogP contribution in [0.1, 0.15) is 24.6 Å². The van der Waals surface area contributed by atoms with Gasteiger partial charge in [-0.15, -0.1) is 11.3 Å². The summed E-state index contributed by atoms with van der Waals surface area (Å²) in [6.45, 7) is 0. The zero-order valence-electron chi connectivity index (χ0n) is 14.5. The Kier molecular flexibility index (Phi) is 4.23. The Hall–Kier alpha value is -2.56. The van der Waals surface area contributed by atoms with E-state index in [-0.39, 0.29) is 0 Å². The molecule has 1 fully saturated rings. The van der Waals surface area contributed by atoms with Crippen molar-refractivity contribution in [3.8, 4) is 32.3 Å². The molecule has 5 rings (SSSR count). The Bertz CT molecular complexity index is 1100. The fourth-order valence-corrected chi connectivity index (χ4v) is 4.26. The van der Waals surface area contributed by atoms with E-state index in [9.17, 15) is 0 Å². The van der Waals surface area contributed by atoms with Crippen LogP contribution >= 0.6 is 22.9 Å². The zero-order valence-corrected chi connectivity index (χ0v) is 16.0. The second-order valence-electron chi connectivity index (χ2n) is 6.64. The monoisotopic (exact) mass is 389 g/mol. The van der Waals surface area contributed by atoms with Crippen LogP contribution in [0, 0.1) is 0 Å². The summed E-state index contributed by atoms with van der Waals surface area (Å²) in [5.74, 6) is 1.40. The fourth-order valence-electron chi connectivity index (χ4n) is 3.09. The molecule has 0 bridgehead atoms. The molecule has 0 saturated heterocycles. The lowest BCUT2D eigenvalue weighted by molar-refractivity contribution is 0.931. The number of hydrogen-bond acceptors (Lipinski definition) is 4. The quantitative estimate of drug-likeness (QED) is 0.401. The van der Waals surface area contributed by atoms with Crippen molar-refractivity contribution in [1.29, 1.82) is 0 Å². The molecule has 2 heterocycles. The number of rotatable bonds is 4. The van der Waals surface area contributed by atoms with Crippen molar-refractivity contribution in [3.63, 3.8) is 0 Å². The molecule has 0 aliphatic heterocycles. The molecule has 3 nitrogen and oxygen atoms in total. The summed E-state index contributed by atoms with van der Waals surface area (Å²) >= 11 is 8.11. The number of benzene rings is 2. The van der Waals surface area contributed by atoms with Gasteiger partial charge in [0.15, 0.2) is 0 Å². The normalized spacial score (nSPS) is 13.7. The highest BCUT2D eigenvalue weighted by molar-refractivity contribution is 7.18. The zero-order chi connectivity index (χ0) is 18.2. The van der Waals surface area contributed by atoms with Gasteiger partial charge in [-0.25, -0.2) is 15.0 Å². The van der Waals surface area contributed by atoms with Gasteiger partial charge in [-0.3, -0.25) is 0 Å². The van der Waals surface area contributed by atoms with Crippen molar-refractivity contribution in [3.05, 3.63) is 77.8 Å². The van der Waals surface area contributed by atoms with Crippen molar-refractivity contribution in [2.45, 2.75) is 18.8 Å². The van der Waals surface area contributed by atoms with Gasteiger partial charge in [-0.2, -0.15) is 0 Å². The molecule has 5 heteroatoms. The van der Waals surface area contributed by atoms with E-state index < -0.39 is 0 Å². The Balaban J connectivity index is 1.65. The minimum Gasteiger partial charge on any atom is -0.242 e. The summed E-state index contributed by atoms with van der Waals surface area (Å²) in [5.41, 5.74) is 3.90. The second-order valence-corrected chi connectivity index (χ2v) is 8.08. The minimum atomic E-state index is 0.484. The molecular weight excluding hydrogens is 374 g/mol. The van der Waals surface area contributed by atoms with Crippen LogP contribution in [0.4, 0.5) is 0 Å². The maximum Gasteiger partial charge on any atom is 0.143 e. The molecule has 0 radical (unpaired) electrons. The van der Waals surface area contributed by atoms with E-state index in [0.717, 1.165) is 50.9 Å². The van der Waals surface area contributed by atoms with Crippen LogP contribution < -0.4 is 0 Å². The predicted molar refractivity (Wildman–Crippen MR) is 111 cm³/mol. The van der Waals surface area contributed by atoms with Gasteiger partial charge in [0.2, 0.25) is 0 Å². The molecule has 0 amide bonds. The van der Waals surface area contributed by atoms with Crippen LogP contribution in [0.5, 0.6) is 0 Å². The highest BCUT2D eigenvalue weighted by Gasteiger charge is 2.28. The number of hydrogen-bond donors (Lipinski definition) is 0. The lowest BCUT2D eigenvalue weighted by atomic mass is 10.1. The SMILES string of the molecule is Clc1ccccc1-c1cnc(C2CC2)nc1-c1ncc(-c2ccccc2)s1. The molecule has 1 aliphatic rings. The van der Waals surface area contributed by atoms with E-state index in [0.29, 0.717) is 10.9 Å². The summed E-state index contributed by atoms with van der Waals surface area (Å²) < 4.78 is 0. The highest BCUT2D eigenvalue weighted by atomic mass is 35.5. The molecule has 0 unspecified atom stereocenters. The molecule has 2 aromatic heterocycles. The van der Waals surface area contributed by atoms with Crippen LogP contribution in [-0.4, -0.2) is 15.0 Å². The molecular formula is C22H16ClN3S. The van der Waals surface area contributed by atoms with Crippen LogP contribution in [0.3, 0.4) is 0 Å². The summed E-state index contributed by atoms with van der Waals surface area (Å²) in [4.78, 5) is 15.3. The van der Waals surface area contributed by atoms with E-state index in [4.69, 9.17) is 16.6 Å². The minimum absolute atomic E-state index is 0.484. The van der Waals surface area contributed by atoms with Gasteiger partial charge in [0.1, 0.15) is 16.5 Å². The number of nitrogens with zero attached hydrogens (tertiary/aromatic N) is 3. The summed E-state index contributed by atoms with van der Waals surface area (Å²) in [6, 6.07) is 18.1. The highest BCUT2D eigenvalue weighted by Crippen LogP contribution is 2.42. The van der Waals surface area contributed by atoms with Gasteiger partial charge in [-0.05, 0) is 24.5 Å². The van der Waals surface area contributed by atoms with Crippen LogP contribution in [0.25, 0.3) is 32.3 Å². The number of halogens is 1. The van der Waals surface area contributed by atoms with Crippen LogP contribution in [0.15, 0.2) is 67.0 Å². The number of aromatic nitrogens is 3. The third kappa shape index (κ3) is 3.27. The fraction of sp³-hybridized carbons (Fsp3) is 0.136. The van der Waals surface area contributed by atoms with Crippen molar-refractivity contribution >= 4 is 22.9 Å². The molecule has 1 aliphatic carbocycles. The second kappa shape index (κ2) is 6.87. The Morgan fingerprint density at radius 1 is 0.852 bits per heavy atom. The molecule has 4 aromatic rings. The largest absolute Gasteiger partial charge is 0.242 e. The van der Waals surface area contributed by atoms with E-state index in [1.54, 1.807) is 11.3 Å². The van der Waals surface area contributed by atoms with Gasteiger partial charge in [0, 0.05) is 34.5 Å². The molecule has 27 heavy (non-hydrogen) atoms. The molecule has 0 atom stereocenters. The first-order valence-corrected chi connectivity index (χ1v) is 10.1. The molecule has 1 saturated carbocycles. The summed E-state index contributed by atoms with van der Waals surface area (Å²) in [6.07, 6.45) is 6.15. The van der Waals surface area contributed by atoms with Crippen LogP contribution in [0.2, 0.25) is 5.02 Å². The topological polar surface area (TPSA) is 38.7 Å². The van der Waals surface area contributed by atoms with E-state index in [1.165, 1.54) is 0 Å². The molecule has 2 aromatic carbocycles. The van der Waals surface area contributed by atoms with Crippen molar-refractivity contribution in [1.82, 2.24) is 15.0 Å². The van der Waals surface area contributed by atoms with Gasteiger partial charge >= 0.3 is 0 Å². The molecule has 0 spiro atoms. The Morgan fingerprint density at radius 3 is 2.41 bits per heavy atom. The first-order valence-electron chi connectivity index (χ1n) is 8.93. The van der Waals surface area contributed by atoms with Gasteiger partial charge < -0.3 is 0 Å². The molecule has 0 N–H and O–H groups in total. The summed E-state index contributed by atoms with van der Waals surface area (Å²) in [5, 5.41) is 1.59. The maximum atomic E-state index is 6.46. The van der Waals surface area contributed by atoms with Gasteiger partial charge in [-0.1, -0.05) is 60.1 Å². The van der Waals surface area contributed by atoms with E-state index in [1.807, 2.05) is 54.9 Å². The smallest absolute Gasteiger partial charge is 0.143 e. The van der Waals surface area contributed by atoms with Crippen molar-refractivity contribution in [2.24, 2.45) is 0 Å². The van der Waals surface area contributed by atoms with Gasteiger partial charge in [0.25, 0.3) is 0 Å². The number of thiazole rings is 1. The van der Waals surface area contributed by atoms with Gasteiger partial charge in [0.05, 0.1) is 4.88 Å². The predicted octanol–water partition coefficient (Wildman–Crippen LogP) is 6.46. The maximum absolute atomic E-state index is 6.46. The third-order valence-corrected chi connectivity index (χ3v) is 6.06. The Labute approximate surface area is 166 Å². The molecule has 132 valence electrons. The summed E-state index contributed by atoms with van der Waals surface area (Å²) in [7, 11) is 0. The average molecular weight is 390 g/mol. The lowest BCUT2D eigenvalue weighted by Crippen LogP contribution is -1.98. The van der Waals surface area contributed by atoms with Crippen molar-refractivity contribution < 1.29 is 0 Å². The van der Waals surface area contributed by atoms with E-state index in [2.05, 4.69) is 22.1 Å². The standard InChI is InChI=1S/C22H16ClN3S/c23-18-9-5-4-8-16(18)17-12-24-21(15-10-11-15)26-20(17)22-25-13-19(27-22)14-6-2-1-3-7-14/h1-9,12-13,15H,10-11H2. The van der Waals surface area contributed by atoms with E-state index >= 15 is 0 Å². The average Bonchev–Trinajstić information content (AvgIpc) is 3.45. The lowest BCUT2D eigenvalue weighted by Gasteiger charge is -2.10.